The van der Waals surface area contributed by atoms with Gasteiger partial charge in [0.15, 0.2) is 12.6 Å². The molecule has 0 aromatic heterocycles. The van der Waals surface area contributed by atoms with Crippen LogP contribution in [0.5, 0.6) is 0 Å². The molecule has 19 heavy (non-hydrogen) atoms. The Morgan fingerprint density at radius 3 is 2.00 bits per heavy atom. The Morgan fingerprint density at radius 1 is 0.895 bits per heavy atom. The highest BCUT2D eigenvalue weighted by atomic mass is 16.1. The van der Waals surface area contributed by atoms with E-state index in [0.717, 1.165) is 5.56 Å². The maximum atomic E-state index is 11.3. The van der Waals surface area contributed by atoms with Gasteiger partial charge in [0.2, 0.25) is 0 Å². The molecule has 2 rings (SSSR count). The summed E-state index contributed by atoms with van der Waals surface area (Å²) >= 11 is 0. The average molecular weight is 254 g/mol. The van der Waals surface area contributed by atoms with E-state index in [1.165, 1.54) is 0 Å². The van der Waals surface area contributed by atoms with Crippen LogP contribution in [-0.2, 0) is 0 Å². The summed E-state index contributed by atoms with van der Waals surface area (Å²) in [5, 5.41) is 0. The van der Waals surface area contributed by atoms with Gasteiger partial charge in [-0.1, -0.05) is 30.3 Å². The summed E-state index contributed by atoms with van der Waals surface area (Å²) < 4.78 is 0. The third kappa shape index (κ3) is 1.97. The zero-order valence-corrected chi connectivity index (χ0v) is 10.5. The second-order valence-electron chi connectivity index (χ2n) is 4.26. The van der Waals surface area contributed by atoms with E-state index in [-0.39, 0.29) is 16.8 Å². The van der Waals surface area contributed by atoms with Gasteiger partial charge in [-0.15, -0.1) is 0 Å². The lowest BCUT2D eigenvalue weighted by Crippen LogP contribution is -2.08. The summed E-state index contributed by atoms with van der Waals surface area (Å²) in [6, 6.07) is 9.31. The Hall–Kier alpha value is -2.62. The van der Waals surface area contributed by atoms with Crippen LogP contribution in [0.25, 0.3) is 11.1 Å². The van der Waals surface area contributed by atoms with Gasteiger partial charge in [-0.2, -0.15) is 0 Å². The van der Waals surface area contributed by atoms with Crippen LogP contribution in [-0.4, -0.2) is 12.6 Å². The quantitative estimate of drug-likeness (QED) is 0.650. The molecule has 2 aromatic rings. The average Bonchev–Trinajstić information content (AvgIpc) is 2.45. The summed E-state index contributed by atoms with van der Waals surface area (Å²) in [5.41, 5.74) is 14.8. The van der Waals surface area contributed by atoms with Crippen LogP contribution in [0.2, 0.25) is 0 Å². The highest BCUT2D eigenvalue weighted by Crippen LogP contribution is 2.36. The van der Waals surface area contributed by atoms with E-state index in [0.29, 0.717) is 29.4 Å². The molecule has 0 saturated heterocycles. The summed E-state index contributed by atoms with van der Waals surface area (Å²) in [7, 11) is 0. The first-order chi connectivity index (χ1) is 9.11. The molecule has 96 valence electrons. The molecule has 0 fully saturated rings. The van der Waals surface area contributed by atoms with Crippen molar-refractivity contribution in [2.75, 3.05) is 11.5 Å². The fourth-order valence-electron chi connectivity index (χ4n) is 2.19. The second-order valence-corrected chi connectivity index (χ2v) is 4.26. The Labute approximate surface area is 111 Å². The number of carbonyl (C=O) groups excluding carboxylic acids is 2. The molecule has 0 aliphatic carbocycles. The number of nitrogen functional groups attached to an aromatic ring is 2. The van der Waals surface area contributed by atoms with Crippen molar-refractivity contribution >= 4 is 23.9 Å². The first kappa shape index (κ1) is 12.8. The Bertz CT molecular complexity index is 649. The van der Waals surface area contributed by atoms with Gasteiger partial charge in [-0.05, 0) is 23.6 Å². The van der Waals surface area contributed by atoms with E-state index in [4.69, 9.17) is 11.5 Å². The maximum Gasteiger partial charge on any atom is 0.152 e. The minimum absolute atomic E-state index is 0.150. The number of anilines is 2. The lowest BCUT2D eigenvalue weighted by Gasteiger charge is -2.16. The summed E-state index contributed by atoms with van der Waals surface area (Å²) in [5.74, 6) is 0. The zero-order valence-electron chi connectivity index (χ0n) is 10.5. The maximum absolute atomic E-state index is 11.3. The van der Waals surface area contributed by atoms with Gasteiger partial charge in [0, 0.05) is 5.56 Å². The van der Waals surface area contributed by atoms with Crippen molar-refractivity contribution in [1.29, 1.82) is 0 Å². The molecule has 0 bridgehead atoms. The molecule has 0 spiro atoms. The van der Waals surface area contributed by atoms with Gasteiger partial charge in [-0.25, -0.2) is 0 Å². The molecule has 0 aliphatic heterocycles. The molecule has 0 atom stereocenters. The van der Waals surface area contributed by atoms with Crippen LogP contribution in [0.1, 0.15) is 26.3 Å². The standard InChI is InChI=1S/C15H14N2O2/c1-9-13(10-5-3-2-4-6-10)11(7-18)12(8-19)15(17)14(9)16/h2-8H,16-17H2,1H3. The lowest BCUT2D eigenvalue weighted by atomic mass is 9.90. The van der Waals surface area contributed by atoms with Gasteiger partial charge in [0.1, 0.15) is 0 Å². The van der Waals surface area contributed by atoms with Crippen LogP contribution < -0.4 is 11.5 Å². The number of hydrogen-bond acceptors (Lipinski definition) is 4. The number of aldehydes is 2. The van der Waals surface area contributed by atoms with Crippen LogP contribution in [0.4, 0.5) is 11.4 Å². The van der Waals surface area contributed by atoms with Crippen molar-refractivity contribution in [3.63, 3.8) is 0 Å². The highest BCUT2D eigenvalue weighted by Gasteiger charge is 2.19. The fourth-order valence-corrected chi connectivity index (χ4v) is 2.19. The molecule has 0 amide bonds. The minimum Gasteiger partial charge on any atom is -0.397 e. The summed E-state index contributed by atoms with van der Waals surface area (Å²) in [4.78, 5) is 22.5. The first-order valence-corrected chi connectivity index (χ1v) is 5.79. The molecule has 0 unspecified atom stereocenters. The molecule has 0 saturated carbocycles. The van der Waals surface area contributed by atoms with Gasteiger partial charge < -0.3 is 11.5 Å². The van der Waals surface area contributed by atoms with Crippen LogP contribution in [0.15, 0.2) is 30.3 Å². The lowest BCUT2D eigenvalue weighted by molar-refractivity contribution is 0.109. The Morgan fingerprint density at radius 2 is 1.47 bits per heavy atom. The number of hydrogen-bond donors (Lipinski definition) is 2. The predicted molar refractivity (Wildman–Crippen MR) is 76.2 cm³/mol. The van der Waals surface area contributed by atoms with E-state index >= 15 is 0 Å². The van der Waals surface area contributed by atoms with Gasteiger partial charge in [-0.3, -0.25) is 9.59 Å². The van der Waals surface area contributed by atoms with Crippen LogP contribution in [0, 0.1) is 6.92 Å². The molecule has 0 aliphatic rings. The second kappa shape index (κ2) is 4.94. The van der Waals surface area contributed by atoms with E-state index in [1.807, 2.05) is 30.3 Å². The Balaban J connectivity index is 2.91. The zero-order chi connectivity index (χ0) is 14.0. The van der Waals surface area contributed by atoms with Crippen LogP contribution in [0.3, 0.4) is 0 Å². The van der Waals surface area contributed by atoms with Gasteiger partial charge in [0.25, 0.3) is 0 Å². The van der Waals surface area contributed by atoms with Crippen molar-refractivity contribution in [3.8, 4) is 11.1 Å². The minimum atomic E-state index is 0.150. The van der Waals surface area contributed by atoms with E-state index < -0.39 is 0 Å². The van der Waals surface area contributed by atoms with E-state index in [9.17, 15) is 9.59 Å². The Kier molecular flexibility index (Phi) is 3.33. The molecule has 4 N–H and O–H groups in total. The van der Waals surface area contributed by atoms with Crippen molar-refractivity contribution in [2.24, 2.45) is 0 Å². The molecule has 0 heterocycles. The van der Waals surface area contributed by atoms with Crippen molar-refractivity contribution in [3.05, 3.63) is 47.0 Å². The summed E-state index contributed by atoms with van der Waals surface area (Å²) in [6.45, 7) is 1.79. The molecular weight excluding hydrogens is 240 g/mol. The predicted octanol–water partition coefficient (Wildman–Crippen LogP) is 2.45. The van der Waals surface area contributed by atoms with Crippen molar-refractivity contribution < 1.29 is 9.59 Å². The van der Waals surface area contributed by atoms with Crippen molar-refractivity contribution in [2.45, 2.75) is 6.92 Å². The van der Waals surface area contributed by atoms with E-state index in [1.54, 1.807) is 6.92 Å². The van der Waals surface area contributed by atoms with Crippen LogP contribution >= 0.6 is 0 Å². The molecule has 4 nitrogen and oxygen atoms in total. The monoisotopic (exact) mass is 254 g/mol. The third-order valence-corrected chi connectivity index (χ3v) is 3.22. The largest absolute Gasteiger partial charge is 0.397 e. The molecule has 4 heteroatoms. The number of carbonyl (C=O) groups is 2. The van der Waals surface area contributed by atoms with Gasteiger partial charge >= 0.3 is 0 Å². The topological polar surface area (TPSA) is 86.2 Å². The fraction of sp³-hybridized carbons (Fsp3) is 0.0667. The smallest absolute Gasteiger partial charge is 0.152 e. The third-order valence-electron chi connectivity index (χ3n) is 3.22. The molecule has 0 radical (unpaired) electrons. The van der Waals surface area contributed by atoms with Crippen molar-refractivity contribution in [1.82, 2.24) is 0 Å². The normalized spacial score (nSPS) is 10.2. The highest BCUT2D eigenvalue weighted by molar-refractivity contribution is 6.05. The first-order valence-electron chi connectivity index (χ1n) is 5.79. The number of rotatable bonds is 3. The SMILES string of the molecule is Cc1c(N)c(N)c(C=O)c(C=O)c1-c1ccccc1. The molecular formula is C15H14N2O2. The van der Waals surface area contributed by atoms with E-state index in [2.05, 4.69) is 0 Å². The molecule has 2 aromatic carbocycles. The number of nitrogens with two attached hydrogens (primary N) is 2. The number of benzene rings is 2. The summed E-state index contributed by atoms with van der Waals surface area (Å²) in [6.07, 6.45) is 1.22. The van der Waals surface area contributed by atoms with Gasteiger partial charge in [0.05, 0.1) is 16.9 Å².